The Bertz CT molecular complexity index is 1630. The molecule has 0 saturated heterocycles. The van der Waals surface area contributed by atoms with E-state index >= 15 is 0 Å². The van der Waals surface area contributed by atoms with Crippen LogP contribution in [0.2, 0.25) is 0 Å². The molecular formula is C93H183NO8. The molecule has 608 valence electrons. The summed E-state index contributed by atoms with van der Waals surface area (Å²) in [6.07, 6.45) is 105. The van der Waals surface area contributed by atoms with Crippen molar-refractivity contribution in [3.8, 4) is 0 Å². The molecule has 0 aromatic heterocycles. The zero-order chi connectivity index (χ0) is 73.9. The third-order valence-electron chi connectivity index (χ3n) is 22.1. The number of esters is 2. The van der Waals surface area contributed by atoms with Gasteiger partial charge in [0.05, 0.1) is 40.3 Å². The monoisotopic (exact) mass is 1440 g/mol. The highest BCUT2D eigenvalue weighted by Gasteiger charge is 2.22. The molecule has 2 atom stereocenters. The second-order valence-corrected chi connectivity index (χ2v) is 33.7. The van der Waals surface area contributed by atoms with Crippen LogP contribution in [-0.4, -0.2) is 82.3 Å². The molecule has 0 N–H and O–H groups in total. The minimum Gasteiger partial charge on any atom is -0.545 e. The van der Waals surface area contributed by atoms with Crippen LogP contribution in [0, 0.1) is 0 Å². The summed E-state index contributed by atoms with van der Waals surface area (Å²) in [6, 6.07) is 0. The molecule has 9 heteroatoms. The van der Waals surface area contributed by atoms with Gasteiger partial charge in [-0.3, -0.25) is 9.59 Å². The van der Waals surface area contributed by atoms with Crippen LogP contribution in [-0.2, 0) is 33.3 Å². The van der Waals surface area contributed by atoms with Gasteiger partial charge in [-0.25, -0.2) is 0 Å². The molecule has 0 fully saturated rings. The van der Waals surface area contributed by atoms with Crippen molar-refractivity contribution in [2.45, 2.75) is 533 Å². The lowest BCUT2D eigenvalue weighted by atomic mass is 10.0. The molecule has 0 heterocycles. The van der Waals surface area contributed by atoms with Crippen LogP contribution in [0.4, 0.5) is 0 Å². The number of quaternary nitrogens is 1. The Hall–Kier alpha value is -1.71. The first-order valence-electron chi connectivity index (χ1n) is 46.7. The number of likely N-dealkylation sites (N-methyl/N-ethyl adjacent to an activating group) is 1. The van der Waals surface area contributed by atoms with Crippen LogP contribution in [0.1, 0.15) is 521 Å². The zero-order valence-corrected chi connectivity index (χ0v) is 70.1. The highest BCUT2D eigenvalue weighted by atomic mass is 16.7. The number of unbranched alkanes of at least 4 members (excludes halogenated alkanes) is 75. The summed E-state index contributed by atoms with van der Waals surface area (Å²) in [5, 5.41) is 11.9. The maximum absolute atomic E-state index is 13.0. The number of hydrogen-bond acceptors (Lipinski definition) is 8. The topological polar surface area (TPSA) is 111 Å². The number of carboxylic acids is 1. The van der Waals surface area contributed by atoms with Crippen molar-refractivity contribution in [2.24, 2.45) is 0 Å². The van der Waals surface area contributed by atoms with Crippen molar-refractivity contribution in [2.75, 3.05) is 47.5 Å². The number of ether oxygens (including phenoxy) is 4. The molecule has 0 bridgehead atoms. The van der Waals surface area contributed by atoms with Crippen molar-refractivity contribution < 1.29 is 42.9 Å². The summed E-state index contributed by atoms with van der Waals surface area (Å²) in [4.78, 5) is 37.7. The standard InChI is InChI=1S/C93H183NO8/c1-6-8-10-12-14-16-18-20-22-24-26-28-30-32-34-36-38-40-42-44-45-46-48-50-52-54-56-58-60-62-64-66-68-70-72-74-76-78-80-82-84-91(96)102-89(88-101-93(92(97)98)99-86-85-94(3,4)5)87-100-90(95)83-81-79-77-75-73-71-69-67-65-63-61-59-57-55-53-51-49-47-43-41-39-37-35-33-31-29-27-25-23-21-19-17-15-13-11-9-7-2/h89,93H,6-88H2,1-5H3. The number of rotatable bonds is 90. The molecule has 0 saturated carbocycles. The van der Waals surface area contributed by atoms with E-state index in [4.69, 9.17) is 18.9 Å². The van der Waals surface area contributed by atoms with Gasteiger partial charge in [0.15, 0.2) is 12.4 Å². The lowest BCUT2D eigenvalue weighted by Crippen LogP contribution is -2.44. The van der Waals surface area contributed by atoms with Crippen LogP contribution < -0.4 is 5.11 Å². The van der Waals surface area contributed by atoms with E-state index in [0.29, 0.717) is 17.4 Å². The molecule has 0 aliphatic carbocycles. The van der Waals surface area contributed by atoms with Crippen molar-refractivity contribution in [3.63, 3.8) is 0 Å². The fourth-order valence-electron chi connectivity index (χ4n) is 15.0. The second kappa shape index (κ2) is 84.9. The first-order chi connectivity index (χ1) is 50.1. The van der Waals surface area contributed by atoms with E-state index in [0.717, 1.165) is 38.5 Å². The normalized spacial score (nSPS) is 12.4. The van der Waals surface area contributed by atoms with Crippen molar-refractivity contribution in [3.05, 3.63) is 0 Å². The lowest BCUT2D eigenvalue weighted by molar-refractivity contribution is -0.870. The molecule has 0 rings (SSSR count). The average Bonchev–Trinajstić information content (AvgIpc) is 0.979. The van der Waals surface area contributed by atoms with Gasteiger partial charge in [0.25, 0.3) is 0 Å². The van der Waals surface area contributed by atoms with Crippen LogP contribution >= 0.6 is 0 Å². The summed E-state index contributed by atoms with van der Waals surface area (Å²) in [5.41, 5.74) is 0. The number of aliphatic carboxylic acids is 1. The van der Waals surface area contributed by atoms with Crippen LogP contribution in [0.15, 0.2) is 0 Å². The van der Waals surface area contributed by atoms with Gasteiger partial charge in [0, 0.05) is 12.8 Å². The molecule has 2 unspecified atom stereocenters. The van der Waals surface area contributed by atoms with Crippen LogP contribution in [0.3, 0.4) is 0 Å². The van der Waals surface area contributed by atoms with E-state index in [9.17, 15) is 19.5 Å². The highest BCUT2D eigenvalue weighted by molar-refractivity contribution is 5.70. The Balaban J connectivity index is 3.85. The predicted octanol–water partition coefficient (Wildman–Crippen LogP) is 29.1. The van der Waals surface area contributed by atoms with E-state index < -0.39 is 24.3 Å². The Morgan fingerprint density at radius 3 is 0.627 bits per heavy atom. The van der Waals surface area contributed by atoms with E-state index in [2.05, 4.69) is 13.8 Å². The molecule has 0 amide bonds. The van der Waals surface area contributed by atoms with Crippen LogP contribution in [0.25, 0.3) is 0 Å². The van der Waals surface area contributed by atoms with Crippen molar-refractivity contribution >= 4 is 17.9 Å². The van der Waals surface area contributed by atoms with E-state index in [-0.39, 0.29) is 32.2 Å². The minimum atomic E-state index is -1.62. The largest absolute Gasteiger partial charge is 0.545 e. The maximum atomic E-state index is 13.0. The Labute approximate surface area is 638 Å². The lowest BCUT2D eigenvalue weighted by Gasteiger charge is -2.26. The van der Waals surface area contributed by atoms with Gasteiger partial charge in [0.2, 0.25) is 0 Å². The van der Waals surface area contributed by atoms with Gasteiger partial charge < -0.3 is 33.3 Å². The van der Waals surface area contributed by atoms with Gasteiger partial charge in [-0.2, -0.15) is 0 Å². The number of carbonyl (C=O) groups is 3. The van der Waals surface area contributed by atoms with Crippen molar-refractivity contribution in [1.82, 2.24) is 0 Å². The molecule has 0 spiro atoms. The molecule has 0 radical (unpaired) electrons. The van der Waals surface area contributed by atoms with Crippen LogP contribution in [0.5, 0.6) is 0 Å². The van der Waals surface area contributed by atoms with E-state index in [1.165, 1.54) is 456 Å². The Morgan fingerprint density at radius 1 is 0.255 bits per heavy atom. The molecule has 102 heavy (non-hydrogen) atoms. The number of carbonyl (C=O) groups excluding carboxylic acids is 3. The quantitative estimate of drug-likeness (QED) is 0.0256. The van der Waals surface area contributed by atoms with Gasteiger partial charge in [-0.05, 0) is 12.8 Å². The third-order valence-corrected chi connectivity index (χ3v) is 22.1. The Morgan fingerprint density at radius 2 is 0.441 bits per heavy atom. The SMILES string of the molecule is CCCCCCCCCCCCCCCCCCCCCCCCCCCCCCCCCCCCCCCCCCC(=O)OC(COC(=O)CCCCCCCCCCCCCCCCCCCCCCCCCCCCCCCCCCCCCCC)COC(OCC[N+](C)(C)C)C(=O)[O-]. The Kier molecular flexibility index (Phi) is 83.5. The maximum Gasteiger partial charge on any atom is 0.306 e. The molecule has 0 aromatic carbocycles. The zero-order valence-electron chi connectivity index (χ0n) is 70.1. The fraction of sp³-hybridized carbons (Fsp3) is 0.968. The number of nitrogens with zero attached hydrogens (tertiary/aromatic N) is 1. The van der Waals surface area contributed by atoms with Gasteiger partial charge in [0.1, 0.15) is 13.2 Å². The highest BCUT2D eigenvalue weighted by Crippen LogP contribution is 2.22. The van der Waals surface area contributed by atoms with E-state index in [1.807, 2.05) is 21.1 Å². The summed E-state index contributed by atoms with van der Waals surface area (Å²) in [5.74, 6) is -2.23. The number of hydrogen-bond donors (Lipinski definition) is 0. The molecule has 0 aromatic rings. The summed E-state index contributed by atoms with van der Waals surface area (Å²) < 4.78 is 23.0. The van der Waals surface area contributed by atoms with Gasteiger partial charge >= 0.3 is 11.9 Å². The first kappa shape index (κ1) is 100. The predicted molar refractivity (Wildman–Crippen MR) is 441 cm³/mol. The molecule has 0 aliphatic heterocycles. The smallest absolute Gasteiger partial charge is 0.306 e. The molecule has 0 aliphatic rings. The number of carboxylic acid groups (broad SMARTS) is 1. The summed E-state index contributed by atoms with van der Waals surface area (Å²) in [7, 11) is 5.97. The molecule has 9 nitrogen and oxygen atoms in total. The van der Waals surface area contributed by atoms with Gasteiger partial charge in [-0.1, -0.05) is 495 Å². The average molecular weight is 1440 g/mol. The second-order valence-electron chi connectivity index (χ2n) is 33.7. The van der Waals surface area contributed by atoms with Gasteiger partial charge in [-0.15, -0.1) is 0 Å². The third kappa shape index (κ3) is 85.5. The molecular weight excluding hydrogens is 1260 g/mol. The summed E-state index contributed by atoms with van der Waals surface area (Å²) >= 11 is 0. The van der Waals surface area contributed by atoms with Crippen molar-refractivity contribution in [1.29, 1.82) is 0 Å². The minimum absolute atomic E-state index is 0.154. The first-order valence-corrected chi connectivity index (χ1v) is 46.7. The fourth-order valence-corrected chi connectivity index (χ4v) is 15.0. The van der Waals surface area contributed by atoms with E-state index in [1.54, 1.807) is 0 Å². The summed E-state index contributed by atoms with van der Waals surface area (Å²) in [6.45, 7) is 4.87.